The molecular weight excluding hydrogens is 228 g/mol. The fourth-order valence-corrected chi connectivity index (χ4v) is 2.36. The third-order valence-electron chi connectivity index (χ3n) is 3.20. The third-order valence-corrected chi connectivity index (χ3v) is 3.20. The number of unbranched alkanes of at least 4 members (excludes halogenated alkanes) is 1. The number of hydrogen-bond donors (Lipinski definition) is 2. The summed E-state index contributed by atoms with van der Waals surface area (Å²) in [5, 5.41) is 2.82. The van der Waals surface area contributed by atoms with Gasteiger partial charge in [0.15, 0.2) is 0 Å². The van der Waals surface area contributed by atoms with Crippen molar-refractivity contribution >= 4 is 11.8 Å². The van der Waals surface area contributed by atoms with Gasteiger partial charge in [-0.1, -0.05) is 40.5 Å². The minimum Gasteiger partial charge on any atom is -0.369 e. The number of nitrogens with one attached hydrogen (secondary N) is 1. The molecule has 4 nitrogen and oxygen atoms in total. The summed E-state index contributed by atoms with van der Waals surface area (Å²) >= 11 is 0. The molecule has 3 N–H and O–H groups in total. The maximum Gasteiger partial charge on any atom is 0.224 e. The average Bonchev–Trinajstić information content (AvgIpc) is 2.21. The lowest BCUT2D eigenvalue weighted by molar-refractivity contribution is -0.137. The van der Waals surface area contributed by atoms with Crippen molar-refractivity contribution in [2.75, 3.05) is 6.54 Å². The van der Waals surface area contributed by atoms with Crippen molar-refractivity contribution < 1.29 is 9.59 Å². The van der Waals surface area contributed by atoms with Crippen molar-refractivity contribution in [3.63, 3.8) is 0 Å². The first kappa shape index (κ1) is 16.9. The number of nitrogens with two attached hydrogens (primary N) is 1. The molecule has 0 unspecified atom stereocenters. The summed E-state index contributed by atoms with van der Waals surface area (Å²) in [6.07, 6.45) is 2.60. The van der Waals surface area contributed by atoms with E-state index in [1.165, 1.54) is 0 Å². The Morgan fingerprint density at radius 2 is 1.78 bits per heavy atom. The number of rotatable bonds is 7. The van der Waals surface area contributed by atoms with Gasteiger partial charge < -0.3 is 11.1 Å². The van der Waals surface area contributed by atoms with Gasteiger partial charge in [-0.15, -0.1) is 0 Å². The Morgan fingerprint density at radius 3 is 2.11 bits per heavy atom. The van der Waals surface area contributed by atoms with E-state index in [9.17, 15) is 9.59 Å². The molecule has 0 fully saturated rings. The van der Waals surface area contributed by atoms with E-state index >= 15 is 0 Å². The van der Waals surface area contributed by atoms with E-state index in [1.807, 2.05) is 27.7 Å². The summed E-state index contributed by atoms with van der Waals surface area (Å²) in [6, 6.07) is 0. The summed E-state index contributed by atoms with van der Waals surface area (Å²) in [4.78, 5) is 23.8. The van der Waals surface area contributed by atoms with Gasteiger partial charge in [-0.25, -0.2) is 0 Å². The van der Waals surface area contributed by atoms with Crippen LogP contribution in [0.4, 0.5) is 0 Å². The molecule has 0 aromatic carbocycles. The Morgan fingerprint density at radius 1 is 1.22 bits per heavy atom. The van der Waals surface area contributed by atoms with Crippen LogP contribution in [0, 0.1) is 17.3 Å². The van der Waals surface area contributed by atoms with E-state index in [1.54, 1.807) is 0 Å². The van der Waals surface area contributed by atoms with E-state index in [2.05, 4.69) is 12.2 Å². The van der Waals surface area contributed by atoms with Gasteiger partial charge in [0.2, 0.25) is 11.8 Å². The maximum absolute atomic E-state index is 12.2. The zero-order chi connectivity index (χ0) is 14.3. The van der Waals surface area contributed by atoms with Gasteiger partial charge in [-0.2, -0.15) is 0 Å². The summed E-state index contributed by atoms with van der Waals surface area (Å²) < 4.78 is 0. The molecule has 0 aliphatic heterocycles. The Bertz CT molecular complexity index is 282. The molecule has 0 radical (unpaired) electrons. The zero-order valence-electron chi connectivity index (χ0n) is 12.4. The molecule has 0 saturated heterocycles. The fraction of sp³-hybridized carbons (Fsp3) is 0.857. The van der Waals surface area contributed by atoms with Crippen molar-refractivity contribution in [2.24, 2.45) is 23.0 Å². The molecule has 2 atom stereocenters. The van der Waals surface area contributed by atoms with Crippen LogP contribution in [0.25, 0.3) is 0 Å². The van der Waals surface area contributed by atoms with Crippen LogP contribution in [0.3, 0.4) is 0 Å². The highest BCUT2D eigenvalue weighted by Gasteiger charge is 2.40. The van der Waals surface area contributed by atoms with Gasteiger partial charge in [0.1, 0.15) is 0 Å². The second-order valence-electron chi connectivity index (χ2n) is 5.89. The molecule has 0 bridgehead atoms. The van der Waals surface area contributed by atoms with E-state index in [4.69, 9.17) is 5.73 Å². The molecule has 0 aromatic rings. The first-order valence-electron chi connectivity index (χ1n) is 6.82. The highest BCUT2D eigenvalue weighted by molar-refractivity contribution is 5.87. The lowest BCUT2D eigenvalue weighted by Crippen LogP contribution is -2.46. The monoisotopic (exact) mass is 256 g/mol. The van der Waals surface area contributed by atoms with Crippen molar-refractivity contribution in [2.45, 2.75) is 53.9 Å². The van der Waals surface area contributed by atoms with Crippen molar-refractivity contribution in [3.8, 4) is 0 Å². The Kier molecular flexibility index (Phi) is 6.96. The van der Waals surface area contributed by atoms with Gasteiger partial charge >= 0.3 is 0 Å². The summed E-state index contributed by atoms with van der Waals surface area (Å²) in [6.45, 7) is 10.5. The van der Waals surface area contributed by atoms with Gasteiger partial charge in [-0.05, 0) is 18.8 Å². The van der Waals surface area contributed by atoms with Crippen LogP contribution in [0.1, 0.15) is 53.9 Å². The average molecular weight is 256 g/mol. The van der Waals surface area contributed by atoms with Gasteiger partial charge in [0.25, 0.3) is 0 Å². The molecule has 0 heterocycles. The first-order chi connectivity index (χ1) is 8.25. The number of hydrogen-bond acceptors (Lipinski definition) is 2. The van der Waals surface area contributed by atoms with Crippen LogP contribution in [0.5, 0.6) is 0 Å². The smallest absolute Gasteiger partial charge is 0.224 e. The van der Waals surface area contributed by atoms with Gasteiger partial charge in [0.05, 0.1) is 5.92 Å². The molecule has 0 aliphatic carbocycles. The van der Waals surface area contributed by atoms with Gasteiger partial charge in [-0.3, -0.25) is 9.59 Å². The lowest BCUT2D eigenvalue weighted by atomic mass is 9.70. The Hall–Kier alpha value is -1.06. The predicted octanol–water partition coefficient (Wildman–Crippen LogP) is 2.08. The number of carbonyl (C=O) groups is 2. The lowest BCUT2D eigenvalue weighted by Gasteiger charge is -2.34. The van der Waals surface area contributed by atoms with E-state index in [0.717, 1.165) is 12.8 Å². The number of primary amides is 1. The van der Waals surface area contributed by atoms with Crippen molar-refractivity contribution in [3.05, 3.63) is 0 Å². The van der Waals surface area contributed by atoms with Crippen LogP contribution in [0.15, 0.2) is 0 Å². The quantitative estimate of drug-likeness (QED) is 0.732. The summed E-state index contributed by atoms with van der Waals surface area (Å²) in [5.74, 6) is -1.17. The molecular formula is C14H28N2O2. The standard InChI is InChI=1S/C14H28N2O2/c1-6-8-9-10(12(15)17)11(14(3,4)5)13(18)16-7-2/h10-11H,6-9H2,1-5H3,(H2,15,17)(H,16,18)/t10-,11+/m0/s1. The highest BCUT2D eigenvalue weighted by Crippen LogP contribution is 2.35. The van der Waals surface area contributed by atoms with Crippen LogP contribution in [0.2, 0.25) is 0 Å². The topological polar surface area (TPSA) is 72.2 Å². The highest BCUT2D eigenvalue weighted by atomic mass is 16.2. The number of amides is 2. The largest absolute Gasteiger partial charge is 0.369 e. The Labute approximate surface area is 111 Å². The van der Waals surface area contributed by atoms with E-state index in [0.29, 0.717) is 13.0 Å². The molecule has 0 aromatic heterocycles. The maximum atomic E-state index is 12.2. The molecule has 106 valence electrons. The van der Waals surface area contributed by atoms with Crippen LogP contribution < -0.4 is 11.1 Å². The van der Waals surface area contributed by atoms with Crippen LogP contribution in [-0.2, 0) is 9.59 Å². The minimum atomic E-state index is -0.378. The normalized spacial score (nSPS) is 14.9. The molecule has 4 heteroatoms. The fourth-order valence-electron chi connectivity index (χ4n) is 2.36. The SMILES string of the molecule is CCCC[C@H](C(N)=O)[C@H](C(=O)NCC)C(C)(C)C. The van der Waals surface area contributed by atoms with E-state index in [-0.39, 0.29) is 29.1 Å². The van der Waals surface area contributed by atoms with Crippen LogP contribution >= 0.6 is 0 Å². The molecule has 18 heavy (non-hydrogen) atoms. The second kappa shape index (κ2) is 7.39. The van der Waals surface area contributed by atoms with Crippen molar-refractivity contribution in [1.29, 1.82) is 0 Å². The van der Waals surface area contributed by atoms with Gasteiger partial charge in [0, 0.05) is 12.5 Å². The third kappa shape index (κ3) is 5.07. The molecule has 0 aliphatic rings. The van der Waals surface area contributed by atoms with Crippen molar-refractivity contribution in [1.82, 2.24) is 5.32 Å². The van der Waals surface area contributed by atoms with E-state index < -0.39 is 0 Å². The summed E-state index contributed by atoms with van der Waals surface area (Å²) in [5.41, 5.74) is 5.22. The number of carbonyl (C=O) groups excluding carboxylic acids is 2. The van der Waals surface area contributed by atoms with Crippen LogP contribution in [-0.4, -0.2) is 18.4 Å². The Balaban J connectivity index is 5.11. The molecule has 0 rings (SSSR count). The predicted molar refractivity (Wildman–Crippen MR) is 73.8 cm³/mol. The summed E-state index contributed by atoms with van der Waals surface area (Å²) in [7, 11) is 0. The molecule has 2 amide bonds. The molecule has 0 spiro atoms. The first-order valence-corrected chi connectivity index (χ1v) is 6.82. The second-order valence-corrected chi connectivity index (χ2v) is 5.89. The molecule has 0 saturated carbocycles. The minimum absolute atomic E-state index is 0.0649. The zero-order valence-corrected chi connectivity index (χ0v) is 12.4.